The van der Waals surface area contributed by atoms with E-state index in [1.165, 1.54) is 32.4 Å². The van der Waals surface area contributed by atoms with Gasteiger partial charge in [-0.25, -0.2) is 4.79 Å². The number of imide groups is 1. The SMILES string of the molecule is COc1ccc([C@@H](CCCNC(=O)OCc2ccccc2)N2C(=O)c3cccc(OS(C)(=O)=O)c3C2=O)cc1OC. The van der Waals surface area contributed by atoms with Crippen molar-refractivity contribution in [3.8, 4) is 17.2 Å². The predicted octanol–water partition coefficient (Wildman–Crippen LogP) is 4.09. The summed E-state index contributed by atoms with van der Waals surface area (Å²) < 4.78 is 44.6. The van der Waals surface area contributed by atoms with Crippen LogP contribution < -0.4 is 19.0 Å². The van der Waals surface area contributed by atoms with Crippen molar-refractivity contribution in [3.63, 3.8) is 0 Å². The molecule has 11 nitrogen and oxygen atoms in total. The summed E-state index contributed by atoms with van der Waals surface area (Å²) >= 11 is 0. The van der Waals surface area contributed by atoms with Crippen LogP contribution >= 0.6 is 0 Å². The van der Waals surface area contributed by atoms with Crippen LogP contribution in [0.15, 0.2) is 66.7 Å². The van der Waals surface area contributed by atoms with Gasteiger partial charge >= 0.3 is 16.2 Å². The minimum absolute atomic E-state index is 0.0317. The number of carbonyl (C=O) groups excluding carboxylic acids is 3. The number of rotatable bonds is 12. The van der Waals surface area contributed by atoms with Crippen LogP contribution in [0.3, 0.4) is 0 Å². The van der Waals surface area contributed by atoms with Crippen LogP contribution in [0, 0.1) is 0 Å². The lowest BCUT2D eigenvalue weighted by Gasteiger charge is -2.27. The smallest absolute Gasteiger partial charge is 0.407 e. The van der Waals surface area contributed by atoms with E-state index in [0.717, 1.165) is 16.7 Å². The highest BCUT2D eigenvalue weighted by atomic mass is 32.2. The van der Waals surface area contributed by atoms with E-state index >= 15 is 0 Å². The predicted molar refractivity (Wildman–Crippen MR) is 149 cm³/mol. The van der Waals surface area contributed by atoms with Gasteiger partial charge in [0.25, 0.3) is 11.8 Å². The van der Waals surface area contributed by atoms with Crippen molar-refractivity contribution in [1.82, 2.24) is 10.2 Å². The van der Waals surface area contributed by atoms with Crippen molar-refractivity contribution in [2.24, 2.45) is 0 Å². The summed E-state index contributed by atoms with van der Waals surface area (Å²) in [4.78, 5) is 40.5. The summed E-state index contributed by atoms with van der Waals surface area (Å²) in [5.41, 5.74) is 1.33. The van der Waals surface area contributed by atoms with E-state index in [0.29, 0.717) is 23.5 Å². The highest BCUT2D eigenvalue weighted by Crippen LogP contribution is 2.40. The van der Waals surface area contributed by atoms with E-state index in [4.69, 9.17) is 18.4 Å². The van der Waals surface area contributed by atoms with Crippen molar-refractivity contribution in [2.75, 3.05) is 27.0 Å². The van der Waals surface area contributed by atoms with E-state index in [1.807, 2.05) is 30.3 Å². The van der Waals surface area contributed by atoms with Crippen molar-refractivity contribution in [1.29, 1.82) is 0 Å². The Morgan fingerprint density at radius 3 is 2.32 bits per heavy atom. The quantitative estimate of drug-likeness (QED) is 0.190. The van der Waals surface area contributed by atoms with Gasteiger partial charge in [-0.2, -0.15) is 8.42 Å². The first-order valence-corrected chi connectivity index (χ1v) is 14.5. The molecule has 4 rings (SSSR count). The molecular weight excluding hydrogens is 552 g/mol. The molecule has 0 bridgehead atoms. The first-order chi connectivity index (χ1) is 19.6. The number of fused-ring (bicyclic) bond motifs is 1. The molecule has 0 fully saturated rings. The molecule has 1 atom stereocenters. The van der Waals surface area contributed by atoms with Crippen molar-refractivity contribution < 1.29 is 41.2 Å². The zero-order valence-corrected chi connectivity index (χ0v) is 23.6. The number of nitrogens with zero attached hydrogens (tertiary/aromatic N) is 1. The lowest BCUT2D eigenvalue weighted by Crippen LogP contribution is -2.35. The van der Waals surface area contributed by atoms with E-state index in [9.17, 15) is 22.8 Å². The molecule has 1 heterocycles. The fourth-order valence-electron chi connectivity index (χ4n) is 4.55. The monoisotopic (exact) mass is 582 g/mol. The molecule has 12 heteroatoms. The van der Waals surface area contributed by atoms with Crippen molar-refractivity contribution in [2.45, 2.75) is 25.5 Å². The van der Waals surface area contributed by atoms with E-state index in [-0.39, 0.29) is 36.4 Å². The molecule has 0 radical (unpaired) electrons. The highest BCUT2D eigenvalue weighted by Gasteiger charge is 2.43. The zero-order chi connectivity index (χ0) is 29.6. The Labute approximate surface area is 238 Å². The fourth-order valence-corrected chi connectivity index (χ4v) is 5.02. The molecule has 0 spiro atoms. The molecule has 0 saturated heterocycles. The molecule has 3 amide bonds. The van der Waals surface area contributed by atoms with Crippen molar-refractivity contribution in [3.05, 3.63) is 89.0 Å². The summed E-state index contributed by atoms with van der Waals surface area (Å²) in [7, 11) is -0.997. The number of methoxy groups -OCH3 is 2. The third kappa shape index (κ3) is 6.95. The van der Waals surface area contributed by atoms with Crippen LogP contribution in [-0.4, -0.2) is 58.2 Å². The standard InChI is InChI=1S/C29H30N2O9S/c1-37-23-15-14-20(17-25(23)38-2)22(12-8-16-30-29(34)39-18-19-9-5-4-6-10-19)31-27(32)21-11-7-13-24(26(21)28(31)33)40-41(3,35)36/h4-7,9-11,13-15,17,22H,8,12,16,18H2,1-3H3,(H,30,34)/t22-/m1/s1. The molecule has 216 valence electrons. The molecule has 1 N–H and O–H groups in total. The van der Waals surface area contributed by atoms with E-state index < -0.39 is 34.1 Å². The van der Waals surface area contributed by atoms with Crippen LogP contribution in [-0.2, 0) is 21.5 Å². The van der Waals surface area contributed by atoms with Gasteiger partial charge in [-0.3, -0.25) is 14.5 Å². The number of nitrogens with one attached hydrogen (secondary N) is 1. The normalized spacial score (nSPS) is 13.4. The lowest BCUT2D eigenvalue weighted by atomic mass is 9.99. The zero-order valence-electron chi connectivity index (χ0n) is 22.8. The minimum Gasteiger partial charge on any atom is -0.493 e. The van der Waals surface area contributed by atoms with Gasteiger partial charge in [0.15, 0.2) is 17.2 Å². The molecule has 0 aliphatic carbocycles. The number of hydrogen-bond donors (Lipinski definition) is 1. The molecule has 41 heavy (non-hydrogen) atoms. The molecule has 0 aromatic heterocycles. The average Bonchev–Trinajstić information content (AvgIpc) is 3.21. The van der Waals surface area contributed by atoms with Gasteiger partial charge < -0.3 is 23.7 Å². The summed E-state index contributed by atoms with van der Waals surface area (Å²) in [6, 6.07) is 17.7. The topological polar surface area (TPSA) is 138 Å². The summed E-state index contributed by atoms with van der Waals surface area (Å²) in [5, 5.41) is 2.68. The van der Waals surface area contributed by atoms with Crippen LogP contribution in [0.2, 0.25) is 0 Å². The van der Waals surface area contributed by atoms with Gasteiger partial charge in [-0.1, -0.05) is 42.5 Å². The van der Waals surface area contributed by atoms with Gasteiger partial charge in [-0.15, -0.1) is 0 Å². The molecule has 1 aliphatic rings. The molecular formula is C29H30N2O9S. The second kappa shape index (κ2) is 12.7. The van der Waals surface area contributed by atoms with Crippen LogP contribution in [0.25, 0.3) is 0 Å². The molecule has 0 saturated carbocycles. The number of amides is 3. The maximum Gasteiger partial charge on any atom is 0.407 e. The van der Waals surface area contributed by atoms with Crippen LogP contribution in [0.5, 0.6) is 17.2 Å². The number of hydrogen-bond acceptors (Lipinski definition) is 9. The molecule has 3 aromatic carbocycles. The Morgan fingerprint density at radius 2 is 1.63 bits per heavy atom. The van der Waals surface area contributed by atoms with Crippen LogP contribution in [0.1, 0.15) is 50.7 Å². The molecule has 3 aromatic rings. The van der Waals surface area contributed by atoms with Crippen LogP contribution in [0.4, 0.5) is 4.79 Å². The Morgan fingerprint density at radius 1 is 0.902 bits per heavy atom. The summed E-state index contributed by atoms with van der Waals surface area (Å²) in [6.45, 7) is 0.330. The Balaban J connectivity index is 1.55. The largest absolute Gasteiger partial charge is 0.493 e. The van der Waals surface area contributed by atoms with Gasteiger partial charge in [0.05, 0.1) is 37.6 Å². The number of ether oxygens (including phenoxy) is 3. The maximum atomic E-state index is 13.7. The maximum absolute atomic E-state index is 13.7. The third-order valence-electron chi connectivity index (χ3n) is 6.39. The molecule has 0 unspecified atom stereocenters. The number of alkyl carbamates (subject to hydrolysis) is 1. The van der Waals surface area contributed by atoms with Gasteiger partial charge in [-0.05, 0) is 48.2 Å². The van der Waals surface area contributed by atoms with Gasteiger partial charge in [0.2, 0.25) is 0 Å². The number of carbonyl (C=O) groups is 3. The second-order valence-corrected chi connectivity index (χ2v) is 10.8. The Hall–Kier alpha value is -4.58. The van der Waals surface area contributed by atoms with E-state index in [2.05, 4.69) is 5.32 Å². The lowest BCUT2D eigenvalue weighted by molar-refractivity contribution is 0.0570. The Bertz CT molecular complexity index is 1540. The van der Waals surface area contributed by atoms with Crippen molar-refractivity contribution >= 4 is 28.0 Å². The minimum atomic E-state index is -3.96. The van der Waals surface area contributed by atoms with Gasteiger partial charge in [0.1, 0.15) is 6.61 Å². The molecule has 1 aliphatic heterocycles. The Kier molecular flexibility index (Phi) is 9.13. The summed E-state index contributed by atoms with van der Waals surface area (Å²) in [6.07, 6.45) is 0.900. The first-order valence-electron chi connectivity index (χ1n) is 12.7. The van der Waals surface area contributed by atoms with E-state index in [1.54, 1.807) is 18.2 Å². The third-order valence-corrected chi connectivity index (χ3v) is 6.87. The summed E-state index contributed by atoms with van der Waals surface area (Å²) in [5.74, 6) is -0.655. The fraction of sp³-hybridized carbons (Fsp3) is 0.276. The van der Waals surface area contributed by atoms with Gasteiger partial charge in [0, 0.05) is 6.54 Å². The number of benzene rings is 3. The first kappa shape index (κ1) is 29.4. The second-order valence-electron chi connectivity index (χ2n) is 9.21. The average molecular weight is 583 g/mol. The highest BCUT2D eigenvalue weighted by molar-refractivity contribution is 7.86.